The number of carbonyl (C=O) groups is 1. The van der Waals surface area contributed by atoms with Crippen molar-refractivity contribution in [2.45, 2.75) is 18.4 Å². The molecule has 0 atom stereocenters. The molecule has 2 rings (SSSR count). The number of nitrogens with zero attached hydrogens (tertiary/aromatic N) is 2. The van der Waals surface area contributed by atoms with E-state index in [1.54, 1.807) is 0 Å². The average molecular weight is 223 g/mol. The van der Waals surface area contributed by atoms with E-state index in [2.05, 4.69) is 23.8 Å². The van der Waals surface area contributed by atoms with Crippen molar-refractivity contribution in [1.82, 2.24) is 15.1 Å². The number of hydrogen-bond acceptors (Lipinski definition) is 3. The van der Waals surface area contributed by atoms with Crippen LogP contribution >= 0.6 is 0 Å². The molecule has 0 bridgehead atoms. The summed E-state index contributed by atoms with van der Waals surface area (Å²) in [7, 11) is 2.08. The third-order valence-corrected chi connectivity index (χ3v) is 3.90. The Labute approximate surface area is 97.3 Å². The van der Waals surface area contributed by atoms with Crippen LogP contribution in [0.1, 0.15) is 12.8 Å². The molecule has 2 fully saturated rings. The molecule has 4 nitrogen and oxygen atoms in total. The molecule has 0 aliphatic carbocycles. The maximum absolute atomic E-state index is 12.5. The standard InChI is InChI=1S/C12H21N3O/c1-3-8-15-10-9-14(2)12(11(15)16)4-6-13-7-5-12/h3,13H,1,4-10H2,2H3. The first-order valence-electron chi connectivity index (χ1n) is 6.03. The van der Waals surface area contributed by atoms with Gasteiger partial charge in [-0.1, -0.05) is 6.08 Å². The first-order valence-corrected chi connectivity index (χ1v) is 6.03. The topological polar surface area (TPSA) is 35.6 Å². The Bertz CT molecular complexity index is 284. The molecule has 0 radical (unpaired) electrons. The molecule has 1 spiro atoms. The van der Waals surface area contributed by atoms with E-state index in [-0.39, 0.29) is 5.54 Å². The molecule has 1 amide bonds. The van der Waals surface area contributed by atoms with Crippen molar-refractivity contribution < 1.29 is 4.79 Å². The van der Waals surface area contributed by atoms with Gasteiger partial charge < -0.3 is 10.2 Å². The Morgan fingerprint density at radius 3 is 2.75 bits per heavy atom. The Hall–Kier alpha value is -0.870. The van der Waals surface area contributed by atoms with Gasteiger partial charge >= 0.3 is 0 Å². The second-order valence-electron chi connectivity index (χ2n) is 4.74. The minimum absolute atomic E-state index is 0.244. The predicted octanol–water partition coefficient (Wildman–Crippen LogP) is 0.0686. The number of hydrogen-bond donors (Lipinski definition) is 1. The van der Waals surface area contributed by atoms with E-state index in [1.807, 2.05) is 11.0 Å². The van der Waals surface area contributed by atoms with E-state index in [0.29, 0.717) is 12.5 Å². The van der Waals surface area contributed by atoms with Crippen LogP contribution in [0.15, 0.2) is 12.7 Å². The van der Waals surface area contributed by atoms with Gasteiger partial charge in [-0.3, -0.25) is 9.69 Å². The van der Waals surface area contributed by atoms with Crippen molar-refractivity contribution in [1.29, 1.82) is 0 Å². The summed E-state index contributed by atoms with van der Waals surface area (Å²) >= 11 is 0. The number of carbonyl (C=O) groups excluding carboxylic acids is 1. The van der Waals surface area contributed by atoms with E-state index in [9.17, 15) is 4.79 Å². The monoisotopic (exact) mass is 223 g/mol. The van der Waals surface area contributed by atoms with Gasteiger partial charge in [-0.15, -0.1) is 6.58 Å². The van der Waals surface area contributed by atoms with Crippen LogP contribution in [0.2, 0.25) is 0 Å². The number of piperazine rings is 1. The number of likely N-dealkylation sites (N-methyl/N-ethyl adjacent to an activating group) is 1. The maximum Gasteiger partial charge on any atom is 0.243 e. The number of amides is 1. The van der Waals surface area contributed by atoms with E-state index in [4.69, 9.17) is 0 Å². The van der Waals surface area contributed by atoms with Crippen molar-refractivity contribution in [3.63, 3.8) is 0 Å². The lowest BCUT2D eigenvalue weighted by Crippen LogP contribution is -2.67. The molecule has 1 N–H and O–H groups in total. The van der Waals surface area contributed by atoms with Gasteiger partial charge in [0.15, 0.2) is 0 Å². The molecule has 0 saturated carbocycles. The first kappa shape index (κ1) is 11.6. The largest absolute Gasteiger partial charge is 0.336 e. The Morgan fingerprint density at radius 2 is 2.12 bits per heavy atom. The van der Waals surface area contributed by atoms with Gasteiger partial charge in [0.1, 0.15) is 5.54 Å². The lowest BCUT2D eigenvalue weighted by atomic mass is 9.83. The molecule has 16 heavy (non-hydrogen) atoms. The highest BCUT2D eigenvalue weighted by Crippen LogP contribution is 2.30. The predicted molar refractivity (Wildman–Crippen MR) is 64.2 cm³/mol. The highest BCUT2D eigenvalue weighted by Gasteiger charge is 2.47. The van der Waals surface area contributed by atoms with E-state index >= 15 is 0 Å². The lowest BCUT2D eigenvalue weighted by Gasteiger charge is -2.49. The fraction of sp³-hybridized carbons (Fsp3) is 0.750. The third-order valence-electron chi connectivity index (χ3n) is 3.90. The Morgan fingerprint density at radius 1 is 1.44 bits per heavy atom. The second kappa shape index (κ2) is 4.55. The van der Waals surface area contributed by atoms with Crippen molar-refractivity contribution in [2.75, 3.05) is 39.8 Å². The summed E-state index contributed by atoms with van der Waals surface area (Å²) in [6.45, 7) is 8.09. The summed E-state index contributed by atoms with van der Waals surface area (Å²) in [5.41, 5.74) is -0.244. The Kier molecular flexibility index (Phi) is 3.30. The fourth-order valence-electron chi connectivity index (χ4n) is 2.81. The normalized spacial score (nSPS) is 26.1. The summed E-state index contributed by atoms with van der Waals surface area (Å²) < 4.78 is 0. The molecule has 4 heteroatoms. The molecule has 2 saturated heterocycles. The van der Waals surface area contributed by atoms with Crippen LogP contribution < -0.4 is 5.32 Å². The average Bonchev–Trinajstić information content (AvgIpc) is 2.32. The van der Waals surface area contributed by atoms with Crippen molar-refractivity contribution in [3.8, 4) is 0 Å². The molecule has 0 aromatic rings. The van der Waals surface area contributed by atoms with Crippen LogP contribution in [0.3, 0.4) is 0 Å². The fourth-order valence-corrected chi connectivity index (χ4v) is 2.81. The van der Waals surface area contributed by atoms with Crippen LogP contribution in [0.4, 0.5) is 0 Å². The molecule has 0 aromatic carbocycles. The number of nitrogens with one attached hydrogen (secondary N) is 1. The summed E-state index contributed by atoms with van der Waals surface area (Å²) in [6.07, 6.45) is 3.67. The van der Waals surface area contributed by atoms with E-state index in [1.165, 1.54) is 0 Å². The van der Waals surface area contributed by atoms with Crippen LogP contribution in [0.5, 0.6) is 0 Å². The molecule has 90 valence electrons. The van der Waals surface area contributed by atoms with Gasteiger partial charge in [0.05, 0.1) is 0 Å². The first-order chi connectivity index (χ1) is 7.70. The number of piperidine rings is 1. The van der Waals surface area contributed by atoms with Gasteiger partial charge in [-0.2, -0.15) is 0 Å². The summed E-state index contributed by atoms with van der Waals surface area (Å²) in [5.74, 6) is 0.294. The minimum atomic E-state index is -0.244. The van der Waals surface area contributed by atoms with Crippen molar-refractivity contribution in [3.05, 3.63) is 12.7 Å². The SMILES string of the molecule is C=CCN1CCN(C)C2(CCNCC2)C1=O. The second-order valence-corrected chi connectivity index (χ2v) is 4.74. The van der Waals surface area contributed by atoms with Gasteiger partial charge in [0, 0.05) is 19.6 Å². The molecule has 0 unspecified atom stereocenters. The zero-order valence-electron chi connectivity index (χ0n) is 10.0. The quantitative estimate of drug-likeness (QED) is 0.673. The zero-order valence-corrected chi connectivity index (χ0v) is 10.0. The summed E-state index contributed by atoms with van der Waals surface area (Å²) in [5, 5.41) is 3.33. The van der Waals surface area contributed by atoms with Crippen LogP contribution in [-0.4, -0.2) is 61.0 Å². The van der Waals surface area contributed by atoms with E-state index < -0.39 is 0 Å². The van der Waals surface area contributed by atoms with E-state index in [0.717, 1.165) is 39.0 Å². The zero-order chi connectivity index (χ0) is 11.6. The van der Waals surface area contributed by atoms with Gasteiger partial charge in [-0.05, 0) is 33.0 Å². The summed E-state index contributed by atoms with van der Waals surface area (Å²) in [6, 6.07) is 0. The molecule has 2 aliphatic rings. The van der Waals surface area contributed by atoms with Gasteiger partial charge in [0.2, 0.25) is 5.91 Å². The van der Waals surface area contributed by atoms with Crippen LogP contribution in [0.25, 0.3) is 0 Å². The molecular weight excluding hydrogens is 202 g/mol. The van der Waals surface area contributed by atoms with Gasteiger partial charge in [-0.25, -0.2) is 0 Å². The third kappa shape index (κ3) is 1.76. The lowest BCUT2D eigenvalue weighted by molar-refractivity contribution is -0.151. The van der Waals surface area contributed by atoms with Crippen LogP contribution in [-0.2, 0) is 4.79 Å². The summed E-state index contributed by atoms with van der Waals surface area (Å²) in [4.78, 5) is 16.7. The minimum Gasteiger partial charge on any atom is -0.336 e. The Balaban J connectivity index is 2.18. The molecule has 0 aromatic heterocycles. The van der Waals surface area contributed by atoms with Crippen LogP contribution in [0, 0.1) is 0 Å². The highest BCUT2D eigenvalue weighted by atomic mass is 16.2. The molecular formula is C12H21N3O. The smallest absolute Gasteiger partial charge is 0.243 e. The van der Waals surface area contributed by atoms with Crippen molar-refractivity contribution in [2.24, 2.45) is 0 Å². The number of rotatable bonds is 2. The highest BCUT2D eigenvalue weighted by molar-refractivity contribution is 5.87. The molecule has 2 heterocycles. The maximum atomic E-state index is 12.5. The molecule has 2 aliphatic heterocycles. The van der Waals surface area contributed by atoms with Gasteiger partial charge in [0.25, 0.3) is 0 Å². The van der Waals surface area contributed by atoms with Crippen molar-refractivity contribution >= 4 is 5.91 Å².